The van der Waals surface area contributed by atoms with Crippen molar-refractivity contribution in [2.24, 2.45) is 28.6 Å². The Morgan fingerprint density at radius 3 is 2.71 bits per heavy atom. The van der Waals surface area contributed by atoms with Crippen molar-refractivity contribution in [3.8, 4) is 0 Å². The van der Waals surface area contributed by atoms with Gasteiger partial charge in [0, 0.05) is 10.8 Å². The zero-order chi connectivity index (χ0) is 25.4. The number of carbonyl (C=O) groups is 3. The molecule has 0 saturated heterocycles. The van der Waals surface area contributed by atoms with E-state index in [1.807, 2.05) is 26.8 Å². The van der Waals surface area contributed by atoms with Gasteiger partial charge in [-0.25, -0.2) is 4.79 Å². The Kier molecular flexibility index (Phi) is 5.52. The predicted octanol–water partition coefficient (Wildman–Crippen LogP) is 3.62. The van der Waals surface area contributed by atoms with E-state index in [0.29, 0.717) is 19.3 Å². The number of fused-ring (bicyclic) bond motifs is 5. The number of aliphatic hydroxyl groups is 2. The first kappa shape index (κ1) is 24.5. The van der Waals surface area contributed by atoms with Crippen molar-refractivity contribution in [2.75, 3.05) is 6.61 Å². The largest absolute Gasteiger partial charge is 0.457 e. The van der Waals surface area contributed by atoms with Crippen molar-refractivity contribution in [2.45, 2.75) is 63.0 Å². The molecule has 1 aromatic rings. The number of aliphatic hydroxyl groups excluding tert-OH is 1. The van der Waals surface area contributed by atoms with Crippen LogP contribution in [-0.2, 0) is 14.3 Å². The second-order valence-electron chi connectivity index (χ2n) is 11.1. The number of carbonyl (C=O) groups excluding carboxylic acids is 3. The molecule has 5 rings (SSSR count). The smallest absolute Gasteiger partial charge is 0.374 e. The van der Waals surface area contributed by atoms with Crippen LogP contribution in [0.2, 0.25) is 0 Å². The number of halogens is 1. The molecular formula is C27H31ClO7. The SMILES string of the molecule is C[C@@H]1C[C@H]2[C@@H]3CCC4=CC(=O)C=C[C@]4(C)[C@@]3(Cl)[C@@H](O)C[C@]2(C)[C@@]1(O)C(=O)COC(=O)c1ccco1. The number of allylic oxidation sites excluding steroid dienone is 4. The molecule has 2 N–H and O–H groups in total. The van der Waals surface area contributed by atoms with Crippen LogP contribution >= 0.6 is 11.6 Å². The summed E-state index contributed by atoms with van der Waals surface area (Å²) in [5.41, 5.74) is -2.55. The molecule has 4 aliphatic carbocycles. The fourth-order valence-electron chi connectivity index (χ4n) is 7.85. The molecule has 0 aliphatic heterocycles. The first-order chi connectivity index (χ1) is 16.4. The van der Waals surface area contributed by atoms with Gasteiger partial charge in [-0.05, 0) is 67.7 Å². The molecule has 3 saturated carbocycles. The summed E-state index contributed by atoms with van der Waals surface area (Å²) in [5.74, 6) is -2.22. The zero-order valence-electron chi connectivity index (χ0n) is 20.1. The molecule has 0 amide bonds. The highest BCUT2D eigenvalue weighted by atomic mass is 35.5. The van der Waals surface area contributed by atoms with Crippen LogP contribution in [-0.4, -0.2) is 50.9 Å². The van der Waals surface area contributed by atoms with Crippen LogP contribution in [0.4, 0.5) is 0 Å². The number of esters is 1. The van der Waals surface area contributed by atoms with E-state index in [9.17, 15) is 24.6 Å². The number of alkyl halides is 1. The molecule has 3 fully saturated rings. The second kappa shape index (κ2) is 7.89. The van der Waals surface area contributed by atoms with Crippen LogP contribution in [0.15, 0.2) is 46.6 Å². The number of furan rings is 1. The Morgan fingerprint density at radius 1 is 1.29 bits per heavy atom. The van der Waals surface area contributed by atoms with Crippen LogP contribution < -0.4 is 0 Å². The lowest BCUT2D eigenvalue weighted by molar-refractivity contribution is -0.179. The van der Waals surface area contributed by atoms with Crippen LogP contribution in [0.3, 0.4) is 0 Å². The summed E-state index contributed by atoms with van der Waals surface area (Å²) in [6, 6.07) is 2.98. The van der Waals surface area contributed by atoms with Gasteiger partial charge in [0.25, 0.3) is 0 Å². The summed E-state index contributed by atoms with van der Waals surface area (Å²) in [6.45, 7) is 5.05. The third-order valence-electron chi connectivity index (χ3n) is 9.70. The van der Waals surface area contributed by atoms with E-state index >= 15 is 0 Å². The molecule has 7 nitrogen and oxygen atoms in total. The molecule has 4 aliphatic rings. The van der Waals surface area contributed by atoms with Gasteiger partial charge < -0.3 is 19.4 Å². The van der Waals surface area contributed by atoms with Gasteiger partial charge >= 0.3 is 5.97 Å². The van der Waals surface area contributed by atoms with Crippen molar-refractivity contribution in [1.29, 1.82) is 0 Å². The Hall–Kier alpha value is -2.22. The average molecular weight is 503 g/mol. The molecule has 8 atom stereocenters. The van der Waals surface area contributed by atoms with Gasteiger partial charge in [0.2, 0.25) is 11.5 Å². The molecule has 0 aromatic carbocycles. The maximum atomic E-state index is 13.5. The van der Waals surface area contributed by atoms with Crippen molar-refractivity contribution in [3.63, 3.8) is 0 Å². The van der Waals surface area contributed by atoms with Crippen LogP contribution in [0.25, 0.3) is 0 Å². The van der Waals surface area contributed by atoms with E-state index in [1.54, 1.807) is 12.1 Å². The van der Waals surface area contributed by atoms with E-state index in [2.05, 4.69) is 0 Å². The van der Waals surface area contributed by atoms with Gasteiger partial charge in [0.05, 0.1) is 17.2 Å². The standard InChI is InChI=1S/C27H31ClO7/c1-15-11-19-18-7-6-16-12-17(29)8-9-24(16,2)26(18,28)21(30)13-25(19,3)27(15,33)22(31)14-35-23(32)20-5-4-10-34-20/h4-5,8-10,12,15,18-19,21,30,33H,6-7,11,13-14H2,1-3H3/t15-,18+,19+,21+,24+,25+,26+,27+/m1/s1. The zero-order valence-corrected chi connectivity index (χ0v) is 20.9. The maximum absolute atomic E-state index is 13.5. The van der Waals surface area contributed by atoms with Crippen LogP contribution in [0, 0.1) is 28.6 Å². The molecule has 0 spiro atoms. The fraction of sp³-hybridized carbons (Fsp3) is 0.593. The van der Waals surface area contributed by atoms with E-state index in [1.165, 1.54) is 18.4 Å². The third kappa shape index (κ3) is 3.07. The van der Waals surface area contributed by atoms with Gasteiger partial charge in [-0.15, -0.1) is 11.6 Å². The minimum Gasteiger partial charge on any atom is -0.457 e. The van der Waals surface area contributed by atoms with Crippen LogP contribution in [0.1, 0.15) is 57.0 Å². The summed E-state index contributed by atoms with van der Waals surface area (Å²) in [7, 11) is 0. The molecule has 0 bridgehead atoms. The third-order valence-corrected chi connectivity index (χ3v) is 10.6. The van der Waals surface area contributed by atoms with Crippen molar-refractivity contribution >= 4 is 29.1 Å². The molecule has 35 heavy (non-hydrogen) atoms. The van der Waals surface area contributed by atoms with Gasteiger partial charge in [0.1, 0.15) is 5.60 Å². The number of hydrogen-bond acceptors (Lipinski definition) is 7. The number of ether oxygens (including phenoxy) is 1. The van der Waals surface area contributed by atoms with Crippen LogP contribution in [0.5, 0.6) is 0 Å². The molecular weight excluding hydrogens is 472 g/mol. The van der Waals surface area contributed by atoms with Crippen molar-refractivity contribution in [1.82, 2.24) is 0 Å². The molecule has 1 heterocycles. The van der Waals surface area contributed by atoms with Crippen molar-refractivity contribution in [3.05, 3.63) is 48.0 Å². The monoisotopic (exact) mass is 502 g/mol. The molecule has 8 heteroatoms. The Bertz CT molecular complexity index is 1140. The Balaban J connectivity index is 1.46. The summed E-state index contributed by atoms with van der Waals surface area (Å²) in [6.07, 6.45) is 7.24. The Labute approximate surface area is 209 Å². The van der Waals surface area contributed by atoms with Gasteiger partial charge in [-0.2, -0.15) is 0 Å². The average Bonchev–Trinajstić information content (AvgIpc) is 3.41. The molecule has 0 unspecified atom stereocenters. The molecule has 1 aromatic heterocycles. The van der Waals surface area contributed by atoms with Gasteiger partial charge in [-0.1, -0.05) is 32.4 Å². The Morgan fingerprint density at radius 2 is 2.03 bits per heavy atom. The summed E-state index contributed by atoms with van der Waals surface area (Å²) in [4.78, 5) is 36.6. The minimum atomic E-state index is -1.80. The first-order valence-corrected chi connectivity index (χ1v) is 12.5. The van der Waals surface area contributed by atoms with Crippen molar-refractivity contribution < 1.29 is 33.8 Å². The number of hydrogen-bond donors (Lipinski definition) is 2. The first-order valence-electron chi connectivity index (χ1n) is 12.2. The lowest BCUT2D eigenvalue weighted by Crippen LogP contribution is -2.69. The highest BCUT2D eigenvalue weighted by Gasteiger charge is 2.74. The molecule has 188 valence electrons. The summed E-state index contributed by atoms with van der Waals surface area (Å²) >= 11 is 7.40. The van der Waals surface area contributed by atoms with E-state index in [-0.39, 0.29) is 29.8 Å². The topological polar surface area (TPSA) is 114 Å². The molecule has 0 radical (unpaired) electrons. The van der Waals surface area contributed by atoms with E-state index in [4.69, 9.17) is 20.8 Å². The predicted molar refractivity (Wildman–Crippen MR) is 127 cm³/mol. The summed E-state index contributed by atoms with van der Waals surface area (Å²) < 4.78 is 10.2. The second-order valence-corrected chi connectivity index (χ2v) is 11.8. The number of ketones is 2. The lowest BCUT2D eigenvalue weighted by Gasteiger charge is -2.63. The lowest BCUT2D eigenvalue weighted by atomic mass is 9.45. The quantitative estimate of drug-likeness (QED) is 0.477. The van der Waals surface area contributed by atoms with Gasteiger partial charge in [0.15, 0.2) is 12.4 Å². The summed E-state index contributed by atoms with van der Waals surface area (Å²) in [5, 5.41) is 23.6. The van der Waals surface area contributed by atoms with E-state index < -0.39 is 51.7 Å². The number of Topliss-reactive ketones (excluding diaryl/α,β-unsaturated/α-hetero) is 1. The maximum Gasteiger partial charge on any atom is 0.374 e. The van der Waals surface area contributed by atoms with Gasteiger partial charge in [-0.3, -0.25) is 9.59 Å². The highest BCUT2D eigenvalue weighted by molar-refractivity contribution is 6.26. The normalized spacial score (nSPS) is 44.2. The van der Waals surface area contributed by atoms with E-state index in [0.717, 1.165) is 5.57 Å². The highest BCUT2D eigenvalue weighted by Crippen LogP contribution is 2.71. The minimum absolute atomic E-state index is 0.0216. The fourth-order valence-corrected chi connectivity index (χ4v) is 8.37. The number of rotatable bonds is 4.